The zero-order valence-electron chi connectivity index (χ0n) is 12.1. The van der Waals surface area contributed by atoms with Gasteiger partial charge in [-0.1, -0.05) is 18.2 Å². The molecule has 1 N–H and O–H groups in total. The maximum absolute atomic E-state index is 12.6. The number of para-hydroxylation sites is 1. The van der Waals surface area contributed by atoms with Gasteiger partial charge in [-0.15, -0.1) is 11.3 Å². The van der Waals surface area contributed by atoms with Gasteiger partial charge in [-0.3, -0.25) is 0 Å². The van der Waals surface area contributed by atoms with Crippen LogP contribution in [0.15, 0.2) is 29.6 Å². The minimum atomic E-state index is -2.84. The Balaban J connectivity index is 2.41. The number of alkyl halides is 2. The average molecular weight is 312 g/mol. The maximum Gasteiger partial charge on any atom is 0.387 e. The molecule has 114 valence electrons. The topological polar surface area (TPSA) is 34.1 Å². The van der Waals surface area contributed by atoms with Gasteiger partial charge in [0.05, 0.1) is 6.04 Å². The largest absolute Gasteiger partial charge is 0.434 e. The highest BCUT2D eigenvalue weighted by Crippen LogP contribution is 2.32. The Bertz CT molecular complexity index is 587. The molecule has 0 saturated heterocycles. The molecule has 2 rings (SSSR count). The maximum atomic E-state index is 12.6. The molecule has 0 spiro atoms. The molecule has 0 saturated carbocycles. The van der Waals surface area contributed by atoms with Gasteiger partial charge >= 0.3 is 6.61 Å². The van der Waals surface area contributed by atoms with E-state index in [1.54, 1.807) is 18.2 Å². The molecule has 1 heterocycles. The molecule has 6 heteroatoms. The fourth-order valence-electron chi connectivity index (χ4n) is 2.05. The van der Waals surface area contributed by atoms with Crippen molar-refractivity contribution in [2.75, 3.05) is 0 Å². The van der Waals surface area contributed by atoms with Gasteiger partial charge in [0, 0.05) is 22.7 Å². The molecule has 1 aromatic heterocycles. The van der Waals surface area contributed by atoms with E-state index < -0.39 is 6.61 Å². The lowest BCUT2D eigenvalue weighted by atomic mass is 10.1. The number of aryl methyl sites for hydroxylation is 1. The van der Waals surface area contributed by atoms with Crippen molar-refractivity contribution in [2.24, 2.45) is 0 Å². The summed E-state index contributed by atoms with van der Waals surface area (Å²) in [5.74, 6) is 0.179. The number of halogens is 2. The van der Waals surface area contributed by atoms with Gasteiger partial charge in [0.15, 0.2) is 0 Å². The highest BCUT2D eigenvalue weighted by atomic mass is 32.1. The first-order chi connectivity index (χ1) is 9.97. The number of hydrogen-bond donors (Lipinski definition) is 1. The van der Waals surface area contributed by atoms with Crippen molar-refractivity contribution in [1.82, 2.24) is 10.3 Å². The van der Waals surface area contributed by atoms with Gasteiger partial charge in [0.1, 0.15) is 10.8 Å². The minimum absolute atomic E-state index is 0.179. The Morgan fingerprint density at radius 3 is 2.52 bits per heavy atom. The summed E-state index contributed by atoms with van der Waals surface area (Å²) in [4.78, 5) is 4.47. The number of thiazole rings is 1. The standard InChI is InChI=1S/C15H18F2N2OS/c1-9(2)18-13(14-19-10(3)8-21-14)11-6-4-5-7-12(11)20-15(16)17/h4-9,13,15,18H,1-3H3. The van der Waals surface area contributed by atoms with Gasteiger partial charge in [-0.05, 0) is 26.8 Å². The Kier molecular flexibility index (Phi) is 5.25. The number of ether oxygens (including phenoxy) is 1. The number of benzene rings is 1. The van der Waals surface area contributed by atoms with E-state index in [1.807, 2.05) is 32.2 Å². The summed E-state index contributed by atoms with van der Waals surface area (Å²) in [7, 11) is 0. The first-order valence-corrected chi connectivity index (χ1v) is 7.57. The van der Waals surface area contributed by atoms with E-state index in [9.17, 15) is 8.78 Å². The normalized spacial score (nSPS) is 12.9. The second-order valence-electron chi connectivity index (χ2n) is 5.00. The molecule has 21 heavy (non-hydrogen) atoms. The highest BCUT2D eigenvalue weighted by molar-refractivity contribution is 7.09. The van der Waals surface area contributed by atoms with Gasteiger partial charge in [0.2, 0.25) is 0 Å². The van der Waals surface area contributed by atoms with Crippen LogP contribution in [0, 0.1) is 6.92 Å². The van der Waals surface area contributed by atoms with Crippen molar-refractivity contribution < 1.29 is 13.5 Å². The van der Waals surface area contributed by atoms with Crippen LogP contribution in [0.5, 0.6) is 5.75 Å². The van der Waals surface area contributed by atoms with Crippen LogP contribution in [0.1, 0.15) is 36.2 Å². The molecule has 0 aliphatic carbocycles. The molecule has 1 aromatic carbocycles. The smallest absolute Gasteiger partial charge is 0.387 e. The zero-order chi connectivity index (χ0) is 15.4. The SMILES string of the molecule is Cc1csc(C(NC(C)C)c2ccccc2OC(F)F)n1. The summed E-state index contributed by atoms with van der Waals surface area (Å²) in [6.07, 6.45) is 0. The Morgan fingerprint density at radius 2 is 1.95 bits per heavy atom. The van der Waals surface area contributed by atoms with Gasteiger partial charge in [0.25, 0.3) is 0 Å². The van der Waals surface area contributed by atoms with Crippen LogP contribution in [0.2, 0.25) is 0 Å². The molecule has 2 aromatic rings. The van der Waals surface area contributed by atoms with Gasteiger partial charge in [-0.2, -0.15) is 8.78 Å². The van der Waals surface area contributed by atoms with E-state index in [0.29, 0.717) is 5.56 Å². The van der Waals surface area contributed by atoms with E-state index in [1.165, 1.54) is 11.3 Å². The first-order valence-electron chi connectivity index (χ1n) is 6.69. The molecule has 0 bridgehead atoms. The van der Waals surface area contributed by atoms with Crippen LogP contribution in [0.4, 0.5) is 8.78 Å². The third-order valence-electron chi connectivity index (χ3n) is 2.83. The number of rotatable bonds is 6. The molecule has 1 unspecified atom stereocenters. The second-order valence-corrected chi connectivity index (χ2v) is 5.89. The lowest BCUT2D eigenvalue weighted by Gasteiger charge is -2.22. The number of nitrogens with one attached hydrogen (secondary N) is 1. The number of hydrogen-bond acceptors (Lipinski definition) is 4. The fourth-order valence-corrected chi connectivity index (χ4v) is 2.93. The summed E-state index contributed by atoms with van der Waals surface area (Å²) >= 11 is 1.51. The lowest BCUT2D eigenvalue weighted by molar-refractivity contribution is -0.0506. The highest BCUT2D eigenvalue weighted by Gasteiger charge is 2.22. The molecular formula is C15H18F2N2OS. The molecule has 1 atom stereocenters. The van der Waals surface area contributed by atoms with E-state index in [-0.39, 0.29) is 17.8 Å². The Labute approximate surface area is 127 Å². The minimum Gasteiger partial charge on any atom is -0.434 e. The summed E-state index contributed by atoms with van der Waals surface area (Å²) in [5.41, 5.74) is 1.58. The molecule has 0 radical (unpaired) electrons. The van der Waals surface area contributed by atoms with E-state index in [0.717, 1.165) is 10.7 Å². The monoisotopic (exact) mass is 312 g/mol. The molecule has 0 amide bonds. The third-order valence-corrected chi connectivity index (χ3v) is 3.86. The van der Waals surface area contributed by atoms with Crippen molar-refractivity contribution in [1.29, 1.82) is 0 Å². The number of aromatic nitrogens is 1. The van der Waals surface area contributed by atoms with Crippen molar-refractivity contribution in [3.05, 3.63) is 45.9 Å². The third kappa shape index (κ3) is 4.22. The second kappa shape index (κ2) is 6.95. The quantitative estimate of drug-likeness (QED) is 0.870. The Morgan fingerprint density at radius 1 is 1.24 bits per heavy atom. The predicted molar refractivity (Wildman–Crippen MR) is 80.0 cm³/mol. The van der Waals surface area contributed by atoms with Crippen molar-refractivity contribution in [2.45, 2.75) is 39.5 Å². The van der Waals surface area contributed by atoms with Crippen molar-refractivity contribution >= 4 is 11.3 Å². The summed E-state index contributed by atoms with van der Waals surface area (Å²) < 4.78 is 29.8. The van der Waals surface area contributed by atoms with Crippen LogP contribution in [-0.4, -0.2) is 17.6 Å². The van der Waals surface area contributed by atoms with Crippen LogP contribution < -0.4 is 10.1 Å². The Hall–Kier alpha value is -1.53. The fraction of sp³-hybridized carbons (Fsp3) is 0.400. The first kappa shape index (κ1) is 15.9. The summed E-state index contributed by atoms with van der Waals surface area (Å²) in [6.45, 7) is 3.08. The number of nitrogens with zero attached hydrogens (tertiary/aromatic N) is 1. The van der Waals surface area contributed by atoms with Crippen molar-refractivity contribution in [3.8, 4) is 5.75 Å². The predicted octanol–water partition coefficient (Wildman–Crippen LogP) is 4.14. The van der Waals surface area contributed by atoms with E-state index >= 15 is 0 Å². The molecule has 0 aliphatic rings. The van der Waals surface area contributed by atoms with Gasteiger partial charge < -0.3 is 10.1 Å². The van der Waals surface area contributed by atoms with Crippen LogP contribution >= 0.6 is 11.3 Å². The molecular weight excluding hydrogens is 294 g/mol. The van der Waals surface area contributed by atoms with Gasteiger partial charge in [-0.25, -0.2) is 4.98 Å². The van der Waals surface area contributed by atoms with Crippen LogP contribution in [0.3, 0.4) is 0 Å². The summed E-state index contributed by atoms with van der Waals surface area (Å²) in [5, 5.41) is 6.15. The van der Waals surface area contributed by atoms with Crippen LogP contribution in [-0.2, 0) is 0 Å². The molecule has 0 aliphatic heterocycles. The lowest BCUT2D eigenvalue weighted by Crippen LogP contribution is -2.29. The van der Waals surface area contributed by atoms with Crippen LogP contribution in [0.25, 0.3) is 0 Å². The van der Waals surface area contributed by atoms with E-state index in [2.05, 4.69) is 15.0 Å². The molecule has 3 nitrogen and oxygen atoms in total. The van der Waals surface area contributed by atoms with Crippen molar-refractivity contribution in [3.63, 3.8) is 0 Å². The average Bonchev–Trinajstić information content (AvgIpc) is 2.82. The van der Waals surface area contributed by atoms with E-state index in [4.69, 9.17) is 0 Å². The summed E-state index contributed by atoms with van der Waals surface area (Å²) in [6, 6.07) is 6.74. The zero-order valence-corrected chi connectivity index (χ0v) is 13.0. The molecule has 0 fully saturated rings.